The van der Waals surface area contributed by atoms with Crippen LogP contribution in [0.4, 0.5) is 0 Å². The summed E-state index contributed by atoms with van der Waals surface area (Å²) in [6.07, 6.45) is 7.38. The SMILES string of the molecule is CCCN(CCC)C[CH2][In]1[CH2]CCC[CH2]1. The van der Waals surface area contributed by atoms with Crippen molar-refractivity contribution in [3.8, 4) is 0 Å². The number of hydrogen-bond acceptors (Lipinski definition) is 1. The van der Waals surface area contributed by atoms with E-state index in [0.717, 1.165) is 0 Å². The summed E-state index contributed by atoms with van der Waals surface area (Å²) in [5.74, 6) is 0. The van der Waals surface area contributed by atoms with Crippen LogP contribution in [0.2, 0.25) is 12.5 Å². The Morgan fingerprint density at radius 3 is 2.00 bits per heavy atom. The molecule has 0 aromatic heterocycles. The molecular weight excluding hydrogens is 285 g/mol. The van der Waals surface area contributed by atoms with Gasteiger partial charge in [0.05, 0.1) is 0 Å². The summed E-state index contributed by atoms with van der Waals surface area (Å²) >= 11 is -0.952. The molecule has 1 fully saturated rings. The van der Waals surface area contributed by atoms with Gasteiger partial charge in [-0.05, 0) is 0 Å². The maximum atomic E-state index is 2.71. The molecule has 1 saturated heterocycles. The van der Waals surface area contributed by atoms with E-state index >= 15 is 0 Å². The molecular formula is C13H28InN. The molecule has 1 heterocycles. The van der Waals surface area contributed by atoms with Crippen LogP contribution in [0.5, 0.6) is 0 Å². The Labute approximate surface area is 104 Å². The van der Waals surface area contributed by atoms with E-state index < -0.39 is 21.4 Å². The van der Waals surface area contributed by atoms with E-state index in [1.54, 1.807) is 31.8 Å². The molecule has 1 nitrogen and oxygen atoms in total. The fourth-order valence-corrected chi connectivity index (χ4v) is 12.3. The third-order valence-electron chi connectivity index (χ3n) is 3.66. The van der Waals surface area contributed by atoms with E-state index in [9.17, 15) is 0 Å². The van der Waals surface area contributed by atoms with Gasteiger partial charge in [-0.3, -0.25) is 0 Å². The quantitative estimate of drug-likeness (QED) is 0.691. The van der Waals surface area contributed by atoms with Gasteiger partial charge in [-0.2, -0.15) is 0 Å². The van der Waals surface area contributed by atoms with Crippen LogP contribution >= 0.6 is 0 Å². The fourth-order valence-electron chi connectivity index (χ4n) is 2.81. The van der Waals surface area contributed by atoms with Crippen molar-refractivity contribution < 1.29 is 0 Å². The first kappa shape index (κ1) is 13.9. The van der Waals surface area contributed by atoms with Crippen LogP contribution in [0.15, 0.2) is 0 Å². The first-order chi connectivity index (χ1) is 7.36. The van der Waals surface area contributed by atoms with Crippen molar-refractivity contribution in [1.82, 2.24) is 4.90 Å². The topological polar surface area (TPSA) is 3.24 Å². The van der Waals surface area contributed by atoms with Gasteiger partial charge in [-0.1, -0.05) is 0 Å². The van der Waals surface area contributed by atoms with Crippen LogP contribution in [0.1, 0.15) is 46.0 Å². The van der Waals surface area contributed by atoms with Crippen LogP contribution < -0.4 is 0 Å². The van der Waals surface area contributed by atoms with Gasteiger partial charge >= 0.3 is 104 Å². The molecule has 0 saturated carbocycles. The molecule has 0 bridgehead atoms. The predicted molar refractivity (Wildman–Crippen MR) is 71.0 cm³/mol. The molecule has 0 unspecified atom stereocenters. The normalized spacial score (nSPS) is 17.4. The molecule has 15 heavy (non-hydrogen) atoms. The number of hydrogen-bond donors (Lipinski definition) is 0. The van der Waals surface area contributed by atoms with Gasteiger partial charge in [0.25, 0.3) is 0 Å². The summed E-state index contributed by atoms with van der Waals surface area (Å²) < 4.78 is 5.10. The van der Waals surface area contributed by atoms with Gasteiger partial charge in [0.15, 0.2) is 0 Å². The third kappa shape index (κ3) is 6.21. The van der Waals surface area contributed by atoms with Crippen LogP contribution in [0, 0.1) is 0 Å². The maximum absolute atomic E-state index is 2.71. The Kier molecular flexibility index (Phi) is 8.26. The van der Waals surface area contributed by atoms with Crippen molar-refractivity contribution in [3.63, 3.8) is 0 Å². The summed E-state index contributed by atoms with van der Waals surface area (Å²) in [5, 5.41) is 0. The van der Waals surface area contributed by atoms with E-state index in [1.165, 1.54) is 32.5 Å². The predicted octanol–water partition coefficient (Wildman–Crippen LogP) is 3.79. The molecule has 1 aliphatic rings. The standard InChI is InChI=1S/C8H18N.C5H10.In/c1-4-7-9(6-3)8-5-2;1-3-5-4-2;/h3-8H2,1-2H3;1-5H2;. The number of nitrogens with zero attached hydrogens (tertiary/aromatic N) is 1. The van der Waals surface area contributed by atoms with Crippen molar-refractivity contribution in [3.05, 3.63) is 0 Å². The first-order valence-electron chi connectivity index (χ1n) is 7.09. The zero-order chi connectivity index (χ0) is 10.9. The zero-order valence-electron chi connectivity index (χ0n) is 10.8. The molecule has 0 radical (unpaired) electrons. The van der Waals surface area contributed by atoms with Gasteiger partial charge < -0.3 is 0 Å². The monoisotopic (exact) mass is 313 g/mol. The molecule has 88 valence electrons. The minimum atomic E-state index is -0.952. The Morgan fingerprint density at radius 1 is 0.867 bits per heavy atom. The molecule has 0 atom stereocenters. The van der Waals surface area contributed by atoms with Crippen LogP contribution in [0.3, 0.4) is 0 Å². The first-order valence-corrected chi connectivity index (χ1v) is 14.1. The van der Waals surface area contributed by atoms with Gasteiger partial charge in [-0.15, -0.1) is 0 Å². The second-order valence-electron chi connectivity index (χ2n) is 5.13. The van der Waals surface area contributed by atoms with E-state index in [-0.39, 0.29) is 0 Å². The van der Waals surface area contributed by atoms with E-state index in [4.69, 9.17) is 0 Å². The molecule has 0 aromatic carbocycles. The Hall–Kier alpha value is 0.830. The molecule has 0 spiro atoms. The molecule has 1 rings (SSSR count). The second kappa shape index (κ2) is 8.92. The average Bonchev–Trinajstić information content (AvgIpc) is 2.28. The van der Waals surface area contributed by atoms with E-state index in [1.807, 2.05) is 0 Å². The minimum absolute atomic E-state index is 0.952. The molecule has 1 aliphatic heterocycles. The summed E-state index contributed by atoms with van der Waals surface area (Å²) in [4.78, 5) is 2.71. The van der Waals surface area contributed by atoms with Crippen LogP contribution in [-0.2, 0) is 0 Å². The van der Waals surface area contributed by atoms with Crippen molar-refractivity contribution in [2.45, 2.75) is 58.5 Å². The summed E-state index contributed by atoms with van der Waals surface area (Å²) in [7, 11) is 0. The van der Waals surface area contributed by atoms with E-state index in [2.05, 4.69) is 18.7 Å². The summed E-state index contributed by atoms with van der Waals surface area (Å²) in [5.41, 5.74) is 0. The van der Waals surface area contributed by atoms with E-state index in [0.29, 0.717) is 0 Å². The van der Waals surface area contributed by atoms with Crippen LogP contribution in [0.25, 0.3) is 0 Å². The Morgan fingerprint density at radius 2 is 1.47 bits per heavy atom. The Bertz CT molecular complexity index is 137. The molecule has 0 amide bonds. The van der Waals surface area contributed by atoms with Crippen LogP contribution in [-0.4, -0.2) is 46.0 Å². The Balaban J connectivity index is 2.13. The van der Waals surface area contributed by atoms with Crippen molar-refractivity contribution in [1.29, 1.82) is 0 Å². The molecule has 0 aromatic rings. The number of rotatable bonds is 7. The fraction of sp³-hybridized carbons (Fsp3) is 1.00. The molecule has 2 heteroatoms. The summed E-state index contributed by atoms with van der Waals surface area (Å²) in [6, 6.07) is 0. The van der Waals surface area contributed by atoms with Crippen molar-refractivity contribution >= 4 is 21.4 Å². The third-order valence-corrected chi connectivity index (χ3v) is 13.7. The van der Waals surface area contributed by atoms with Gasteiger partial charge in [0.1, 0.15) is 0 Å². The van der Waals surface area contributed by atoms with Gasteiger partial charge in [-0.25, -0.2) is 0 Å². The van der Waals surface area contributed by atoms with Gasteiger partial charge in [0, 0.05) is 0 Å². The van der Waals surface area contributed by atoms with Crippen molar-refractivity contribution in [2.24, 2.45) is 0 Å². The van der Waals surface area contributed by atoms with Crippen molar-refractivity contribution in [2.75, 3.05) is 19.6 Å². The second-order valence-corrected chi connectivity index (χ2v) is 15.0. The molecule has 0 N–H and O–H groups in total. The summed E-state index contributed by atoms with van der Waals surface area (Å²) in [6.45, 7) is 8.75. The zero-order valence-corrected chi connectivity index (χ0v) is 14.1. The van der Waals surface area contributed by atoms with Gasteiger partial charge in [0.2, 0.25) is 0 Å². The molecule has 0 aliphatic carbocycles. The average molecular weight is 313 g/mol.